The Kier molecular flexibility index (Phi) is 11.3. The van der Waals surface area contributed by atoms with E-state index in [0.717, 1.165) is 12.8 Å². The second-order valence-electron chi connectivity index (χ2n) is 3.16. The molecule has 0 saturated heterocycles. The molecule has 1 aliphatic rings. The van der Waals surface area contributed by atoms with E-state index >= 15 is 0 Å². The number of hydrogen-bond donors (Lipinski definition) is 4. The number of aliphatic hydroxyl groups is 1. The van der Waals surface area contributed by atoms with Crippen LogP contribution in [0.4, 0.5) is 0 Å². The van der Waals surface area contributed by atoms with E-state index < -0.39 is 12.6 Å². The molecule has 2 atom stereocenters. The Morgan fingerprint density at radius 2 is 1.50 bits per heavy atom. The number of nitrogens with two attached hydrogens (primary N) is 2. The van der Waals surface area contributed by atoms with Crippen LogP contribution in [0.1, 0.15) is 25.7 Å². The van der Waals surface area contributed by atoms with Crippen molar-refractivity contribution in [3.8, 4) is 0 Å². The maximum Gasteiger partial charge on any atom is 0.329 e. The Labute approximate surface area is 98.1 Å². The molecule has 0 spiro atoms. The number of carboxylic acid groups (broad SMARTS) is 1. The van der Waals surface area contributed by atoms with Crippen LogP contribution in [0, 0.1) is 0 Å². The van der Waals surface area contributed by atoms with Crippen LogP contribution >= 0.6 is 0 Å². The maximum absolute atomic E-state index is 9.12. The molecule has 88 valence electrons. The van der Waals surface area contributed by atoms with Crippen molar-refractivity contribution in [3.05, 3.63) is 0 Å². The minimum atomic E-state index is -1.19. The van der Waals surface area contributed by atoms with E-state index in [-0.39, 0.29) is 33.1 Å². The van der Waals surface area contributed by atoms with Crippen molar-refractivity contribution in [1.29, 1.82) is 0 Å². The van der Waals surface area contributed by atoms with E-state index in [0.29, 0.717) is 0 Å². The summed E-state index contributed by atoms with van der Waals surface area (Å²) < 4.78 is 0. The molecule has 14 heavy (non-hydrogen) atoms. The molecule has 1 saturated carbocycles. The zero-order chi connectivity index (χ0) is 10.3. The molecule has 6 heteroatoms. The van der Waals surface area contributed by atoms with Gasteiger partial charge in [0.1, 0.15) is 6.61 Å². The SMILES string of the molecule is N[C@@H]1CCCC[C@H]1N.O=C(O)CO.[Pt]. The zero-order valence-electron chi connectivity index (χ0n) is 7.96. The summed E-state index contributed by atoms with van der Waals surface area (Å²) in [5.41, 5.74) is 11.3. The third-order valence-electron chi connectivity index (χ3n) is 2.01. The van der Waals surface area contributed by atoms with Gasteiger partial charge in [0, 0.05) is 33.1 Å². The molecule has 1 rings (SSSR count). The second kappa shape index (κ2) is 9.59. The van der Waals surface area contributed by atoms with Crippen molar-refractivity contribution < 1.29 is 36.1 Å². The molecule has 6 N–H and O–H groups in total. The van der Waals surface area contributed by atoms with Gasteiger partial charge < -0.3 is 21.7 Å². The number of hydrogen-bond acceptors (Lipinski definition) is 4. The van der Waals surface area contributed by atoms with Crippen molar-refractivity contribution in [3.63, 3.8) is 0 Å². The number of carbonyl (C=O) groups is 1. The van der Waals surface area contributed by atoms with Crippen LogP contribution in [-0.2, 0) is 25.9 Å². The van der Waals surface area contributed by atoms with Crippen LogP contribution in [0.3, 0.4) is 0 Å². The molecule has 0 radical (unpaired) electrons. The number of aliphatic carboxylic acids is 1. The van der Waals surface area contributed by atoms with Gasteiger partial charge in [-0.1, -0.05) is 12.8 Å². The van der Waals surface area contributed by atoms with E-state index in [2.05, 4.69) is 0 Å². The summed E-state index contributed by atoms with van der Waals surface area (Å²) in [5.74, 6) is -1.19. The molecule has 0 bridgehead atoms. The van der Waals surface area contributed by atoms with E-state index in [1.807, 2.05) is 0 Å². The van der Waals surface area contributed by atoms with Crippen molar-refractivity contribution in [2.24, 2.45) is 11.5 Å². The van der Waals surface area contributed by atoms with Crippen LogP contribution in [-0.4, -0.2) is 34.9 Å². The van der Waals surface area contributed by atoms with Crippen LogP contribution < -0.4 is 11.5 Å². The Hall–Kier alpha value is 0.0383. The van der Waals surface area contributed by atoms with Gasteiger partial charge in [-0.25, -0.2) is 4.79 Å². The molecule has 0 aromatic rings. The summed E-state index contributed by atoms with van der Waals surface area (Å²) in [7, 11) is 0. The Balaban J connectivity index is 0. The number of rotatable bonds is 1. The maximum atomic E-state index is 9.12. The Bertz CT molecular complexity index is 148. The minimum absolute atomic E-state index is 0. The minimum Gasteiger partial charge on any atom is -0.480 e. The number of aliphatic hydroxyl groups excluding tert-OH is 1. The molecule has 1 fully saturated rings. The summed E-state index contributed by atoms with van der Waals surface area (Å²) in [5, 5.41) is 15.0. The quantitative estimate of drug-likeness (QED) is 0.476. The standard InChI is InChI=1S/C6H14N2.C2H4O3.Pt/c7-5-3-1-2-4-6(5)8;3-1-2(4)5;/h5-6H,1-4,7-8H2;3H,1H2,(H,4,5);/t5-,6-;;/m1../s1. The molecule has 0 heterocycles. The first-order valence-corrected chi connectivity index (χ1v) is 4.41. The van der Waals surface area contributed by atoms with Crippen molar-refractivity contribution in [2.45, 2.75) is 37.8 Å². The summed E-state index contributed by atoms with van der Waals surface area (Å²) >= 11 is 0. The van der Waals surface area contributed by atoms with Crippen molar-refractivity contribution >= 4 is 5.97 Å². The normalized spacial score (nSPS) is 25.4. The predicted octanol–water partition coefficient (Wildman–Crippen LogP) is -0.724. The third-order valence-corrected chi connectivity index (χ3v) is 2.01. The Morgan fingerprint density at radius 1 is 1.21 bits per heavy atom. The van der Waals surface area contributed by atoms with Gasteiger partial charge in [0.2, 0.25) is 0 Å². The fourth-order valence-electron chi connectivity index (χ4n) is 1.19. The van der Waals surface area contributed by atoms with Gasteiger partial charge in [-0.15, -0.1) is 0 Å². The molecule has 0 amide bonds. The van der Waals surface area contributed by atoms with E-state index in [4.69, 9.17) is 26.5 Å². The fraction of sp³-hybridized carbons (Fsp3) is 0.875. The van der Waals surface area contributed by atoms with Gasteiger partial charge in [-0.2, -0.15) is 0 Å². The van der Waals surface area contributed by atoms with Gasteiger partial charge in [0.25, 0.3) is 0 Å². The summed E-state index contributed by atoms with van der Waals surface area (Å²) in [6.07, 6.45) is 4.80. The predicted molar refractivity (Wildman–Crippen MR) is 49.1 cm³/mol. The van der Waals surface area contributed by atoms with Gasteiger partial charge in [-0.3, -0.25) is 0 Å². The van der Waals surface area contributed by atoms with Gasteiger partial charge in [0.15, 0.2) is 0 Å². The molecular weight excluding hydrogens is 367 g/mol. The average Bonchev–Trinajstić information content (AvgIpc) is 2.11. The molecule has 0 aliphatic heterocycles. The van der Waals surface area contributed by atoms with E-state index in [1.54, 1.807) is 0 Å². The van der Waals surface area contributed by atoms with Crippen molar-refractivity contribution in [1.82, 2.24) is 0 Å². The Morgan fingerprint density at radius 3 is 1.64 bits per heavy atom. The van der Waals surface area contributed by atoms with Gasteiger partial charge in [0.05, 0.1) is 0 Å². The molecule has 0 aromatic carbocycles. The first-order chi connectivity index (χ1) is 6.07. The molecule has 5 nitrogen and oxygen atoms in total. The monoisotopic (exact) mass is 385 g/mol. The van der Waals surface area contributed by atoms with Crippen LogP contribution in [0.5, 0.6) is 0 Å². The van der Waals surface area contributed by atoms with Crippen LogP contribution in [0.2, 0.25) is 0 Å². The summed E-state index contributed by atoms with van der Waals surface area (Å²) in [4.78, 5) is 9.12. The topological polar surface area (TPSA) is 110 Å². The largest absolute Gasteiger partial charge is 0.480 e. The zero-order valence-corrected chi connectivity index (χ0v) is 10.2. The average molecular weight is 385 g/mol. The van der Waals surface area contributed by atoms with Gasteiger partial charge >= 0.3 is 5.97 Å². The van der Waals surface area contributed by atoms with E-state index in [9.17, 15) is 0 Å². The smallest absolute Gasteiger partial charge is 0.329 e. The van der Waals surface area contributed by atoms with Crippen LogP contribution in [0.15, 0.2) is 0 Å². The first-order valence-electron chi connectivity index (χ1n) is 4.41. The second-order valence-corrected chi connectivity index (χ2v) is 3.16. The molecular formula is C8H18N2O3Pt. The molecule has 1 aliphatic carbocycles. The van der Waals surface area contributed by atoms with Crippen LogP contribution in [0.25, 0.3) is 0 Å². The summed E-state index contributed by atoms with van der Waals surface area (Å²) in [6, 6.07) is 0.562. The molecule has 0 unspecified atom stereocenters. The molecule has 0 aromatic heterocycles. The van der Waals surface area contributed by atoms with E-state index in [1.165, 1.54) is 12.8 Å². The van der Waals surface area contributed by atoms with Gasteiger partial charge in [-0.05, 0) is 12.8 Å². The number of carboxylic acids is 1. The first kappa shape index (κ1) is 16.5. The van der Waals surface area contributed by atoms with Crippen molar-refractivity contribution in [2.75, 3.05) is 6.61 Å². The third kappa shape index (κ3) is 8.63. The summed E-state index contributed by atoms with van der Waals surface area (Å²) in [6.45, 7) is -0.778. The fourth-order valence-corrected chi connectivity index (χ4v) is 1.19.